The second-order valence-corrected chi connectivity index (χ2v) is 21.2. The molecule has 0 aliphatic heterocycles. The van der Waals surface area contributed by atoms with Crippen molar-refractivity contribution < 1.29 is 52.2 Å². The van der Waals surface area contributed by atoms with Crippen molar-refractivity contribution in [2.75, 3.05) is 26.4 Å². The predicted octanol–water partition coefficient (Wildman–Crippen LogP) is 18.0. The first-order valence-corrected chi connectivity index (χ1v) is 31.6. The van der Waals surface area contributed by atoms with Crippen LogP contribution in [0.2, 0.25) is 0 Å². The third-order valence-corrected chi connectivity index (χ3v) is 13.5. The first kappa shape index (κ1) is 72.4. The lowest BCUT2D eigenvalue weighted by Gasteiger charge is -2.21. The lowest BCUT2D eigenvalue weighted by Crippen LogP contribution is -2.30. The maximum Gasteiger partial charge on any atom is 0.472 e. The second-order valence-electron chi connectivity index (χ2n) is 19.8. The minimum Gasteiger partial charge on any atom is -0.462 e. The van der Waals surface area contributed by atoms with Crippen LogP contribution in [0.1, 0.15) is 252 Å². The van der Waals surface area contributed by atoms with Crippen LogP contribution in [0.3, 0.4) is 0 Å². The highest BCUT2D eigenvalue weighted by Gasteiger charge is 2.28. The Labute approximate surface area is 463 Å². The Balaban J connectivity index is 4.79. The zero-order chi connectivity index (χ0) is 55.5. The Kier molecular flexibility index (Phi) is 54.8. The van der Waals surface area contributed by atoms with E-state index in [9.17, 15) is 28.9 Å². The van der Waals surface area contributed by atoms with Gasteiger partial charge < -0.3 is 24.2 Å². The molecular formula is C64H109O11P. The standard InChI is InChI=1S/C64H109O11P/c1-4-7-10-13-16-19-22-25-27-29-30-32-33-36-38-41-44-47-50-53-62(66)71-57-61(75-64(68)55-52-49-46-43-40-37-34-31-28-26-23-20-17-14-11-8-5-2)59-73-76(69,70)72-58-60(56-65)74-63(67)54-51-48-45-42-39-35-24-21-18-15-12-9-6-3/h7,9-10,12,16,18-19,21,25,27,30,32,35,39,45,48,60-61,65H,4-6,8,11,13-15,17,20,22-24,26,28-29,31,33-34,36-38,40-44,46-47,49-59H2,1-3H3,(H,69,70)/b10-7-,12-9-,19-16-,21-18-,27-25-,32-30-,39-35-,48-45-. The molecule has 0 aromatic rings. The van der Waals surface area contributed by atoms with E-state index in [2.05, 4.69) is 106 Å². The highest BCUT2D eigenvalue weighted by molar-refractivity contribution is 7.47. The average Bonchev–Trinajstić information content (AvgIpc) is 3.41. The number of phosphoric ester groups is 1. The number of esters is 3. The Morgan fingerprint density at radius 2 is 0.711 bits per heavy atom. The second kappa shape index (κ2) is 57.6. The highest BCUT2D eigenvalue weighted by atomic mass is 31.2. The quantitative estimate of drug-likeness (QED) is 0.0197. The van der Waals surface area contributed by atoms with Crippen LogP contribution in [-0.2, 0) is 42.2 Å². The third kappa shape index (κ3) is 55.2. The maximum atomic E-state index is 12.9. The third-order valence-electron chi connectivity index (χ3n) is 12.5. The molecule has 0 bridgehead atoms. The number of phosphoric acid groups is 1. The minimum atomic E-state index is -4.77. The first-order valence-electron chi connectivity index (χ1n) is 30.1. The summed E-state index contributed by atoms with van der Waals surface area (Å²) in [6.07, 6.45) is 68.1. The van der Waals surface area contributed by atoms with Crippen molar-refractivity contribution >= 4 is 25.7 Å². The Morgan fingerprint density at radius 1 is 0.382 bits per heavy atom. The van der Waals surface area contributed by atoms with Gasteiger partial charge in [-0.2, -0.15) is 0 Å². The highest BCUT2D eigenvalue weighted by Crippen LogP contribution is 2.43. The van der Waals surface area contributed by atoms with Crippen molar-refractivity contribution in [1.82, 2.24) is 0 Å². The van der Waals surface area contributed by atoms with Gasteiger partial charge in [0.1, 0.15) is 12.7 Å². The van der Waals surface area contributed by atoms with Crippen molar-refractivity contribution in [2.45, 2.75) is 264 Å². The fourth-order valence-electron chi connectivity index (χ4n) is 8.01. The molecule has 0 aliphatic rings. The molecule has 3 atom stereocenters. The summed E-state index contributed by atoms with van der Waals surface area (Å²) in [5.41, 5.74) is 0. The molecule has 0 spiro atoms. The van der Waals surface area contributed by atoms with Crippen molar-refractivity contribution in [3.05, 3.63) is 97.2 Å². The number of ether oxygens (including phenoxy) is 3. The predicted molar refractivity (Wildman–Crippen MR) is 316 cm³/mol. The Hall–Kier alpha value is -3.60. The topological polar surface area (TPSA) is 155 Å². The largest absolute Gasteiger partial charge is 0.472 e. The maximum absolute atomic E-state index is 12.9. The lowest BCUT2D eigenvalue weighted by molar-refractivity contribution is -0.161. The summed E-state index contributed by atoms with van der Waals surface area (Å²) >= 11 is 0. The molecule has 0 fully saturated rings. The van der Waals surface area contributed by atoms with Crippen LogP contribution in [0.15, 0.2) is 97.2 Å². The summed E-state index contributed by atoms with van der Waals surface area (Å²) in [4.78, 5) is 48.6. The molecule has 0 heterocycles. The molecule has 0 aromatic carbocycles. The number of rotatable bonds is 55. The minimum absolute atomic E-state index is 0.0526. The van der Waals surface area contributed by atoms with E-state index in [-0.39, 0.29) is 25.9 Å². The van der Waals surface area contributed by atoms with Crippen LogP contribution in [0.5, 0.6) is 0 Å². The molecule has 0 rings (SSSR count). The van der Waals surface area contributed by atoms with Crippen LogP contribution in [0.4, 0.5) is 0 Å². The van der Waals surface area contributed by atoms with Gasteiger partial charge in [0.15, 0.2) is 6.10 Å². The van der Waals surface area contributed by atoms with E-state index in [1.54, 1.807) is 0 Å². The molecule has 3 unspecified atom stereocenters. The summed E-state index contributed by atoms with van der Waals surface area (Å²) in [6.45, 7) is 4.34. The van der Waals surface area contributed by atoms with Gasteiger partial charge in [-0.1, -0.05) is 246 Å². The molecule has 0 aliphatic carbocycles. The van der Waals surface area contributed by atoms with Gasteiger partial charge >= 0.3 is 25.7 Å². The van der Waals surface area contributed by atoms with E-state index >= 15 is 0 Å². The monoisotopic (exact) mass is 1080 g/mol. The number of aliphatic hydroxyl groups is 1. The van der Waals surface area contributed by atoms with Crippen molar-refractivity contribution in [3.63, 3.8) is 0 Å². The molecule has 76 heavy (non-hydrogen) atoms. The number of allylic oxidation sites excluding steroid dienone is 16. The van der Waals surface area contributed by atoms with E-state index in [4.69, 9.17) is 23.3 Å². The Bertz CT molecular complexity index is 1640. The zero-order valence-corrected chi connectivity index (χ0v) is 49.1. The number of hydrogen-bond acceptors (Lipinski definition) is 10. The lowest BCUT2D eigenvalue weighted by atomic mass is 10.0. The number of unbranched alkanes of at least 4 members (excludes halogenated alkanes) is 22. The van der Waals surface area contributed by atoms with Gasteiger partial charge in [-0.3, -0.25) is 23.4 Å². The van der Waals surface area contributed by atoms with Gasteiger partial charge in [-0.05, 0) is 83.5 Å². The van der Waals surface area contributed by atoms with Gasteiger partial charge in [-0.15, -0.1) is 0 Å². The molecule has 0 aromatic heterocycles. The molecule has 11 nitrogen and oxygen atoms in total. The molecule has 0 saturated heterocycles. The SMILES string of the molecule is CC/C=C\C/C=C\C/C=C\C/C=C\CCCCCCCCC(=O)OCC(COP(=O)(O)OCC(CO)OC(=O)CC/C=C\C/C=C\C/C=C\C/C=C\CC)OC(=O)CCCCCCCCCCCCCCCCCCC. The number of carbonyl (C=O) groups excluding carboxylic acids is 3. The van der Waals surface area contributed by atoms with Gasteiger partial charge in [0.05, 0.1) is 19.8 Å². The van der Waals surface area contributed by atoms with Crippen LogP contribution < -0.4 is 0 Å². The molecule has 0 amide bonds. The van der Waals surface area contributed by atoms with E-state index in [1.807, 2.05) is 12.2 Å². The van der Waals surface area contributed by atoms with Gasteiger partial charge in [0, 0.05) is 19.3 Å². The van der Waals surface area contributed by atoms with Gasteiger partial charge in [0.2, 0.25) is 0 Å². The fourth-order valence-corrected chi connectivity index (χ4v) is 8.79. The summed E-state index contributed by atoms with van der Waals surface area (Å²) < 4.78 is 39.5. The number of hydrogen-bond donors (Lipinski definition) is 2. The van der Waals surface area contributed by atoms with Crippen LogP contribution >= 0.6 is 7.82 Å². The molecule has 0 radical (unpaired) electrons. The average molecular weight is 1090 g/mol. The molecule has 2 N–H and O–H groups in total. The van der Waals surface area contributed by atoms with Crippen LogP contribution in [-0.4, -0.2) is 66.5 Å². The molecule has 0 saturated carbocycles. The molecule has 436 valence electrons. The van der Waals surface area contributed by atoms with Crippen LogP contribution in [0, 0.1) is 0 Å². The molecule has 12 heteroatoms. The fraction of sp³-hybridized carbons (Fsp3) is 0.703. The normalized spacial score (nSPS) is 14.0. The smallest absolute Gasteiger partial charge is 0.462 e. The van der Waals surface area contributed by atoms with Gasteiger partial charge in [0.25, 0.3) is 0 Å². The van der Waals surface area contributed by atoms with E-state index in [1.165, 1.54) is 83.5 Å². The summed E-state index contributed by atoms with van der Waals surface area (Å²) in [7, 11) is -4.77. The van der Waals surface area contributed by atoms with Crippen LogP contribution in [0.25, 0.3) is 0 Å². The van der Waals surface area contributed by atoms with Crippen molar-refractivity contribution in [3.8, 4) is 0 Å². The number of aliphatic hydroxyl groups excluding tert-OH is 1. The van der Waals surface area contributed by atoms with E-state index in [0.717, 1.165) is 109 Å². The first-order chi connectivity index (χ1) is 37.2. The number of carbonyl (C=O) groups is 3. The Morgan fingerprint density at radius 3 is 1.13 bits per heavy atom. The van der Waals surface area contributed by atoms with Crippen molar-refractivity contribution in [1.29, 1.82) is 0 Å². The summed E-state index contributed by atoms with van der Waals surface area (Å²) in [6, 6.07) is 0. The summed E-state index contributed by atoms with van der Waals surface area (Å²) in [5.74, 6) is -1.56. The van der Waals surface area contributed by atoms with Gasteiger partial charge in [-0.25, -0.2) is 4.57 Å². The zero-order valence-electron chi connectivity index (χ0n) is 48.2. The van der Waals surface area contributed by atoms with E-state index in [0.29, 0.717) is 19.3 Å². The molecular weight excluding hydrogens is 976 g/mol. The van der Waals surface area contributed by atoms with E-state index < -0.39 is 57.8 Å². The van der Waals surface area contributed by atoms with Crippen molar-refractivity contribution in [2.24, 2.45) is 0 Å². The summed E-state index contributed by atoms with van der Waals surface area (Å²) in [5, 5.41) is 9.80.